The minimum Gasteiger partial charge on any atom is -0.351 e. The molecule has 7 amide bonds. The quantitative estimate of drug-likeness (QED) is 0.120. The number of hydrogen-bond donors (Lipinski definition) is 6. The molecule has 0 unspecified atom stereocenters. The van der Waals surface area contributed by atoms with Gasteiger partial charge in [0, 0.05) is 32.5 Å². The van der Waals surface area contributed by atoms with Crippen LogP contribution in [-0.2, 0) is 33.6 Å². The van der Waals surface area contributed by atoms with E-state index in [0.717, 1.165) is 38.5 Å². The maximum Gasteiger partial charge on any atom is 0.290 e. The third kappa shape index (κ3) is 13.9. The van der Waals surface area contributed by atoms with Crippen LogP contribution in [0.3, 0.4) is 0 Å². The average molecular weight is 846 g/mol. The largest absolute Gasteiger partial charge is 0.351 e. The van der Waals surface area contributed by atoms with Crippen molar-refractivity contribution in [2.45, 2.75) is 129 Å². The average Bonchev–Trinajstić information content (AvgIpc) is 3.25. The molecule has 2 aromatic rings. The van der Waals surface area contributed by atoms with Gasteiger partial charge in [0.05, 0.1) is 24.7 Å². The molecule has 2 saturated carbocycles. The molecule has 2 fully saturated rings. The van der Waals surface area contributed by atoms with E-state index in [2.05, 4.69) is 41.9 Å². The lowest BCUT2D eigenvalue weighted by Crippen LogP contribution is -2.61. The van der Waals surface area contributed by atoms with Crippen LogP contribution in [0.2, 0.25) is 0 Å². The molecule has 1 aromatic heterocycles. The summed E-state index contributed by atoms with van der Waals surface area (Å²) in [5.41, 5.74) is -0.158. The van der Waals surface area contributed by atoms with E-state index in [0.29, 0.717) is 31.2 Å². The standard InChI is InChI=1S/C44H63N9O8/c1-7-16-31(36(55)41(59)47-26-33(54)50-35(43(61)53(5)6)28-19-12-9-13-20-28)49-38(56)29-21-14-15-22-30(29)48-42(60)37(44(2,3)4)52-40(58)34(27-17-10-8-11-18-27)51-39(57)32-25-45-23-24-46-32/h9,12-13,19-20,23-25,27,29-31,34-35,37H,7-8,10-11,14-18,21-22,26H2,1-6H3,(H,47,59)(H,48,60)(H,49,56)(H,50,54)(H,51,57)(H,52,58)/t29-,30+,31+,34+,35+,37-/m1/s1. The summed E-state index contributed by atoms with van der Waals surface area (Å²) >= 11 is 0. The van der Waals surface area contributed by atoms with Crippen LogP contribution in [0.4, 0.5) is 0 Å². The molecule has 6 N–H and O–H groups in total. The van der Waals surface area contributed by atoms with Gasteiger partial charge in [-0.2, -0.15) is 0 Å². The first kappa shape index (κ1) is 47.9. The molecule has 0 aliphatic heterocycles. The van der Waals surface area contributed by atoms with E-state index in [-0.39, 0.29) is 23.9 Å². The van der Waals surface area contributed by atoms with Crippen LogP contribution in [0.15, 0.2) is 48.9 Å². The van der Waals surface area contributed by atoms with Gasteiger partial charge in [-0.05, 0) is 49.0 Å². The third-order valence-corrected chi connectivity index (χ3v) is 11.3. The number of likely N-dealkylation sites (N-methyl/N-ethyl adjacent to an activating group) is 1. The molecule has 2 aliphatic rings. The second-order valence-corrected chi connectivity index (χ2v) is 17.3. The molecule has 1 heterocycles. The Morgan fingerprint density at radius 1 is 0.803 bits per heavy atom. The Bertz CT molecular complexity index is 1850. The zero-order valence-electron chi connectivity index (χ0n) is 36.3. The van der Waals surface area contributed by atoms with Crippen molar-refractivity contribution < 1.29 is 38.4 Å². The van der Waals surface area contributed by atoms with Crippen molar-refractivity contribution in [1.29, 1.82) is 0 Å². The fourth-order valence-electron chi connectivity index (χ4n) is 7.93. The number of carbonyl (C=O) groups excluding carboxylic acids is 8. The van der Waals surface area contributed by atoms with E-state index in [1.165, 1.54) is 23.5 Å². The fraction of sp³-hybridized carbons (Fsp3) is 0.591. The Morgan fingerprint density at radius 2 is 1.48 bits per heavy atom. The minimum atomic E-state index is -1.19. The number of Topliss-reactive ketones (excluding diaryl/α,β-unsaturated/α-hetero) is 1. The molecule has 0 spiro atoms. The topological polar surface area (TPSA) is 238 Å². The van der Waals surface area contributed by atoms with Crippen LogP contribution in [0.25, 0.3) is 0 Å². The molecule has 2 aliphatic carbocycles. The molecule has 17 heteroatoms. The van der Waals surface area contributed by atoms with E-state index in [4.69, 9.17) is 0 Å². The monoisotopic (exact) mass is 845 g/mol. The van der Waals surface area contributed by atoms with Crippen molar-refractivity contribution in [3.05, 3.63) is 60.2 Å². The summed E-state index contributed by atoms with van der Waals surface area (Å²) in [7, 11) is 3.11. The second kappa shape index (κ2) is 22.7. The van der Waals surface area contributed by atoms with E-state index in [9.17, 15) is 38.4 Å². The number of hydrogen-bond acceptors (Lipinski definition) is 10. The van der Waals surface area contributed by atoms with Crippen LogP contribution in [0, 0.1) is 17.3 Å². The first-order valence-electron chi connectivity index (χ1n) is 21.4. The van der Waals surface area contributed by atoms with Crippen LogP contribution in [0.5, 0.6) is 0 Å². The number of nitrogens with zero attached hydrogens (tertiary/aromatic N) is 3. The highest BCUT2D eigenvalue weighted by molar-refractivity contribution is 6.38. The second-order valence-electron chi connectivity index (χ2n) is 17.3. The van der Waals surface area contributed by atoms with Crippen molar-refractivity contribution in [3.63, 3.8) is 0 Å². The Balaban J connectivity index is 1.41. The lowest BCUT2D eigenvalue weighted by Gasteiger charge is -2.37. The van der Waals surface area contributed by atoms with E-state index in [1.807, 2.05) is 20.8 Å². The zero-order valence-corrected chi connectivity index (χ0v) is 36.3. The van der Waals surface area contributed by atoms with Gasteiger partial charge in [-0.25, -0.2) is 4.98 Å². The summed E-state index contributed by atoms with van der Waals surface area (Å²) in [6, 6.07) is 3.82. The predicted octanol–water partition coefficient (Wildman–Crippen LogP) is 2.28. The summed E-state index contributed by atoms with van der Waals surface area (Å²) in [5.74, 6) is -5.99. The van der Waals surface area contributed by atoms with E-state index < -0.39 is 89.3 Å². The first-order valence-corrected chi connectivity index (χ1v) is 21.4. The van der Waals surface area contributed by atoms with Gasteiger partial charge in [0.25, 0.3) is 11.8 Å². The smallest absolute Gasteiger partial charge is 0.290 e. The molecule has 4 rings (SSSR count). The predicted molar refractivity (Wildman–Crippen MR) is 226 cm³/mol. The van der Waals surface area contributed by atoms with Gasteiger partial charge in [-0.3, -0.25) is 43.3 Å². The van der Waals surface area contributed by atoms with Crippen molar-refractivity contribution in [2.75, 3.05) is 20.6 Å². The van der Waals surface area contributed by atoms with Crippen LogP contribution < -0.4 is 31.9 Å². The lowest BCUT2D eigenvalue weighted by atomic mass is 9.81. The number of nitrogens with one attached hydrogen (secondary N) is 6. The van der Waals surface area contributed by atoms with Crippen LogP contribution in [0.1, 0.15) is 120 Å². The number of rotatable bonds is 18. The summed E-state index contributed by atoms with van der Waals surface area (Å²) in [5, 5.41) is 16.5. The number of ketones is 1. The molecular weight excluding hydrogens is 783 g/mol. The van der Waals surface area contributed by atoms with Gasteiger partial charge < -0.3 is 36.8 Å². The minimum absolute atomic E-state index is 0.0702. The Morgan fingerprint density at radius 3 is 2.10 bits per heavy atom. The van der Waals surface area contributed by atoms with Gasteiger partial charge in [0.2, 0.25) is 35.3 Å². The van der Waals surface area contributed by atoms with Gasteiger partial charge in [-0.15, -0.1) is 0 Å². The van der Waals surface area contributed by atoms with Gasteiger partial charge in [0.15, 0.2) is 0 Å². The Kier molecular flexibility index (Phi) is 17.9. The highest BCUT2D eigenvalue weighted by Crippen LogP contribution is 2.29. The fourth-order valence-corrected chi connectivity index (χ4v) is 7.93. The Labute approximate surface area is 358 Å². The summed E-state index contributed by atoms with van der Waals surface area (Å²) in [4.78, 5) is 117. The van der Waals surface area contributed by atoms with Crippen molar-refractivity contribution in [1.82, 2.24) is 46.8 Å². The maximum atomic E-state index is 14.1. The number of aromatic nitrogens is 2. The van der Waals surface area contributed by atoms with Crippen molar-refractivity contribution >= 4 is 47.1 Å². The van der Waals surface area contributed by atoms with Gasteiger partial charge in [0.1, 0.15) is 23.8 Å². The summed E-state index contributed by atoms with van der Waals surface area (Å²) in [6.45, 7) is 6.66. The lowest BCUT2D eigenvalue weighted by molar-refractivity contribution is -0.141. The molecule has 0 bridgehead atoms. The Hall–Kier alpha value is -5.74. The highest BCUT2D eigenvalue weighted by Gasteiger charge is 2.41. The molecule has 1 aromatic carbocycles. The molecule has 332 valence electrons. The molecular formula is C44H63N9O8. The van der Waals surface area contributed by atoms with E-state index >= 15 is 0 Å². The molecule has 0 saturated heterocycles. The zero-order chi connectivity index (χ0) is 44.7. The number of amides is 7. The normalized spacial score (nSPS) is 18.8. The van der Waals surface area contributed by atoms with Crippen LogP contribution >= 0.6 is 0 Å². The van der Waals surface area contributed by atoms with Crippen molar-refractivity contribution in [3.8, 4) is 0 Å². The van der Waals surface area contributed by atoms with Gasteiger partial charge >= 0.3 is 0 Å². The SMILES string of the molecule is CCC[C@H](NC(=O)[C@@H]1CCCC[C@@H]1NC(=O)[C@@H](NC(=O)[C@@H](NC(=O)c1cnccn1)C1CCCCC1)C(C)(C)C)C(=O)C(=O)NCC(=O)N[C@H](C(=O)N(C)C)c1ccccc1. The number of carbonyl (C=O) groups is 8. The first-order chi connectivity index (χ1) is 29.0. The third-order valence-electron chi connectivity index (χ3n) is 11.3. The van der Waals surface area contributed by atoms with Crippen molar-refractivity contribution in [2.24, 2.45) is 17.3 Å². The summed E-state index contributed by atoms with van der Waals surface area (Å²) in [6.07, 6.45) is 11.4. The number of benzene rings is 1. The van der Waals surface area contributed by atoms with Gasteiger partial charge in [-0.1, -0.05) is 96.6 Å². The molecule has 61 heavy (non-hydrogen) atoms. The molecule has 17 nitrogen and oxygen atoms in total. The molecule has 0 radical (unpaired) electrons. The summed E-state index contributed by atoms with van der Waals surface area (Å²) < 4.78 is 0. The van der Waals surface area contributed by atoms with Crippen LogP contribution in [-0.4, -0.2) is 107 Å². The molecule has 6 atom stereocenters. The highest BCUT2D eigenvalue weighted by atomic mass is 16.2. The van der Waals surface area contributed by atoms with E-state index in [1.54, 1.807) is 51.4 Å². The maximum absolute atomic E-state index is 14.1.